The molecule has 138 valence electrons. The van der Waals surface area contributed by atoms with Gasteiger partial charge < -0.3 is 5.32 Å². The van der Waals surface area contributed by atoms with Crippen LogP contribution in [-0.2, 0) is 11.3 Å². The molecule has 27 heavy (non-hydrogen) atoms. The maximum atomic E-state index is 12.5. The monoisotopic (exact) mass is 379 g/mol. The van der Waals surface area contributed by atoms with Crippen LogP contribution in [0, 0.1) is 0 Å². The van der Waals surface area contributed by atoms with Crippen LogP contribution in [0.1, 0.15) is 25.7 Å². The molecule has 0 atom stereocenters. The average Bonchev–Trinajstić information content (AvgIpc) is 3.19. The third-order valence-electron chi connectivity index (χ3n) is 4.79. The first-order valence-electron chi connectivity index (χ1n) is 9.20. The summed E-state index contributed by atoms with van der Waals surface area (Å²) in [5.41, 5.74) is 1.16. The van der Waals surface area contributed by atoms with E-state index in [9.17, 15) is 9.59 Å². The molecule has 5 nitrogen and oxygen atoms in total. The number of nitrogens with one attached hydrogen (secondary N) is 1. The molecular formula is C21H21N3O2S. The van der Waals surface area contributed by atoms with Crippen molar-refractivity contribution in [3.8, 4) is 0 Å². The van der Waals surface area contributed by atoms with Gasteiger partial charge in [0.2, 0.25) is 5.91 Å². The Bertz CT molecular complexity index is 1010. The smallest absolute Gasteiger partial charge is 0.261 e. The fourth-order valence-electron chi connectivity index (χ4n) is 3.39. The van der Waals surface area contributed by atoms with E-state index in [1.54, 1.807) is 18.2 Å². The second-order valence-electron chi connectivity index (χ2n) is 6.79. The minimum atomic E-state index is -0.245. The molecule has 0 spiro atoms. The predicted octanol–water partition coefficient (Wildman–Crippen LogP) is 4.07. The highest BCUT2D eigenvalue weighted by atomic mass is 32.2. The third kappa shape index (κ3) is 4.22. The summed E-state index contributed by atoms with van der Waals surface area (Å²) in [7, 11) is 0. The second-order valence-corrected chi connectivity index (χ2v) is 8.17. The van der Waals surface area contributed by atoms with Gasteiger partial charge >= 0.3 is 0 Å². The van der Waals surface area contributed by atoms with Crippen molar-refractivity contribution >= 4 is 34.3 Å². The number of anilines is 1. The Kier molecular flexibility index (Phi) is 5.25. The van der Waals surface area contributed by atoms with Crippen molar-refractivity contribution in [1.82, 2.24) is 9.55 Å². The number of nitrogens with zero attached hydrogens (tertiary/aromatic N) is 2. The van der Waals surface area contributed by atoms with E-state index in [-0.39, 0.29) is 18.0 Å². The number of fused-ring (bicyclic) bond motifs is 1. The first-order chi connectivity index (χ1) is 13.2. The maximum Gasteiger partial charge on any atom is 0.261 e. The van der Waals surface area contributed by atoms with Crippen LogP contribution in [0.2, 0.25) is 0 Å². The van der Waals surface area contributed by atoms with Crippen molar-refractivity contribution in [2.24, 2.45) is 0 Å². The van der Waals surface area contributed by atoms with Gasteiger partial charge in [-0.15, -0.1) is 11.8 Å². The zero-order valence-corrected chi connectivity index (χ0v) is 15.7. The van der Waals surface area contributed by atoms with E-state index in [0.717, 1.165) is 10.9 Å². The van der Waals surface area contributed by atoms with Gasteiger partial charge in [-0.3, -0.25) is 14.2 Å². The van der Waals surface area contributed by atoms with Crippen LogP contribution >= 0.6 is 11.8 Å². The zero-order chi connectivity index (χ0) is 18.6. The molecule has 0 bridgehead atoms. The summed E-state index contributed by atoms with van der Waals surface area (Å²) in [5, 5.41) is 4.09. The number of carbonyl (C=O) groups is 1. The highest BCUT2D eigenvalue weighted by Gasteiger charge is 2.16. The molecule has 1 fully saturated rings. The molecule has 1 aromatic heterocycles. The van der Waals surface area contributed by atoms with Crippen LogP contribution < -0.4 is 10.9 Å². The average molecular weight is 379 g/mol. The fourth-order valence-corrected chi connectivity index (χ4v) is 4.64. The number of amides is 1. The number of thioether (sulfide) groups is 1. The standard InChI is InChI=1S/C21H21N3O2S/c25-20(13-24-14-22-19-8-4-3-7-18(19)21(24)26)23-15-9-11-17(12-10-15)27-16-5-1-2-6-16/h3-4,7-12,14,16H,1-2,5-6,13H2,(H,23,25). The van der Waals surface area contributed by atoms with E-state index in [1.807, 2.05) is 42.1 Å². The van der Waals surface area contributed by atoms with E-state index < -0.39 is 0 Å². The Balaban J connectivity index is 1.40. The summed E-state index contributed by atoms with van der Waals surface area (Å²) >= 11 is 1.92. The molecule has 1 heterocycles. The molecular weight excluding hydrogens is 358 g/mol. The van der Waals surface area contributed by atoms with Gasteiger partial charge in [0.25, 0.3) is 5.56 Å². The SMILES string of the molecule is O=C(Cn1cnc2ccccc2c1=O)Nc1ccc(SC2CCCC2)cc1. The molecule has 0 unspecified atom stereocenters. The third-order valence-corrected chi connectivity index (χ3v) is 6.14. The Morgan fingerprint density at radius 3 is 2.63 bits per heavy atom. The largest absolute Gasteiger partial charge is 0.325 e. The highest BCUT2D eigenvalue weighted by molar-refractivity contribution is 8.00. The lowest BCUT2D eigenvalue weighted by atomic mass is 10.2. The summed E-state index contributed by atoms with van der Waals surface area (Å²) in [6.45, 7) is -0.0603. The molecule has 1 saturated carbocycles. The highest BCUT2D eigenvalue weighted by Crippen LogP contribution is 2.34. The number of benzene rings is 2. The molecule has 0 saturated heterocycles. The van der Waals surface area contributed by atoms with E-state index in [0.29, 0.717) is 10.9 Å². The second kappa shape index (κ2) is 7.96. The minimum Gasteiger partial charge on any atom is -0.325 e. The molecule has 1 aliphatic carbocycles. The molecule has 1 N–H and O–H groups in total. The van der Waals surface area contributed by atoms with Crippen LogP contribution in [0.3, 0.4) is 0 Å². The van der Waals surface area contributed by atoms with Crippen LogP contribution in [0.5, 0.6) is 0 Å². The zero-order valence-electron chi connectivity index (χ0n) is 14.9. The van der Waals surface area contributed by atoms with Gasteiger partial charge in [0, 0.05) is 15.8 Å². The fraction of sp³-hybridized carbons (Fsp3) is 0.286. The van der Waals surface area contributed by atoms with E-state index in [1.165, 1.54) is 41.5 Å². The normalized spacial score (nSPS) is 14.5. The maximum absolute atomic E-state index is 12.5. The van der Waals surface area contributed by atoms with Crippen molar-refractivity contribution in [1.29, 1.82) is 0 Å². The van der Waals surface area contributed by atoms with Gasteiger partial charge in [0.05, 0.1) is 17.2 Å². The van der Waals surface area contributed by atoms with Crippen molar-refractivity contribution in [3.05, 3.63) is 65.2 Å². The van der Waals surface area contributed by atoms with Crippen LogP contribution in [-0.4, -0.2) is 20.7 Å². The van der Waals surface area contributed by atoms with E-state index in [4.69, 9.17) is 0 Å². The topological polar surface area (TPSA) is 64.0 Å². The summed E-state index contributed by atoms with van der Waals surface area (Å²) in [6.07, 6.45) is 6.66. The van der Waals surface area contributed by atoms with Crippen molar-refractivity contribution in [2.45, 2.75) is 42.4 Å². The molecule has 3 aromatic rings. The summed E-state index contributed by atoms with van der Waals surface area (Å²) in [4.78, 5) is 30.3. The Morgan fingerprint density at radius 1 is 1.11 bits per heavy atom. The first kappa shape index (κ1) is 17.8. The van der Waals surface area contributed by atoms with Gasteiger partial charge in [0.15, 0.2) is 0 Å². The van der Waals surface area contributed by atoms with Gasteiger partial charge in [-0.05, 0) is 49.2 Å². The lowest BCUT2D eigenvalue weighted by Gasteiger charge is -2.10. The molecule has 0 radical (unpaired) electrons. The van der Waals surface area contributed by atoms with Crippen molar-refractivity contribution < 1.29 is 4.79 Å². The lowest BCUT2D eigenvalue weighted by Crippen LogP contribution is -2.27. The van der Waals surface area contributed by atoms with Crippen LogP contribution in [0.4, 0.5) is 5.69 Å². The predicted molar refractivity (Wildman–Crippen MR) is 109 cm³/mol. The number of hydrogen-bond donors (Lipinski definition) is 1. The molecule has 0 aliphatic heterocycles. The quantitative estimate of drug-likeness (QED) is 0.726. The van der Waals surface area contributed by atoms with Crippen LogP contribution in [0.15, 0.2) is 64.5 Å². The number of rotatable bonds is 5. The first-order valence-corrected chi connectivity index (χ1v) is 10.1. The van der Waals surface area contributed by atoms with E-state index in [2.05, 4.69) is 10.3 Å². The molecule has 1 aliphatic rings. The van der Waals surface area contributed by atoms with Crippen molar-refractivity contribution in [2.75, 3.05) is 5.32 Å². The van der Waals surface area contributed by atoms with Crippen LogP contribution in [0.25, 0.3) is 10.9 Å². The van der Waals surface area contributed by atoms with E-state index >= 15 is 0 Å². The molecule has 6 heteroatoms. The molecule has 4 rings (SSSR count). The number of aromatic nitrogens is 2. The number of para-hydroxylation sites is 1. The molecule has 2 aromatic carbocycles. The summed E-state index contributed by atoms with van der Waals surface area (Å²) in [5.74, 6) is -0.245. The van der Waals surface area contributed by atoms with Gasteiger partial charge in [-0.1, -0.05) is 25.0 Å². The number of hydrogen-bond acceptors (Lipinski definition) is 4. The van der Waals surface area contributed by atoms with Gasteiger partial charge in [0.1, 0.15) is 6.54 Å². The lowest BCUT2D eigenvalue weighted by molar-refractivity contribution is -0.116. The Labute approximate surface area is 161 Å². The summed E-state index contributed by atoms with van der Waals surface area (Å²) in [6, 6.07) is 15.0. The summed E-state index contributed by atoms with van der Waals surface area (Å²) < 4.78 is 1.34. The Morgan fingerprint density at radius 2 is 1.85 bits per heavy atom. The Hall–Kier alpha value is -2.60. The van der Waals surface area contributed by atoms with Crippen molar-refractivity contribution in [3.63, 3.8) is 0 Å². The number of carbonyl (C=O) groups excluding carboxylic acids is 1. The minimum absolute atomic E-state index is 0.0603. The van der Waals surface area contributed by atoms with Gasteiger partial charge in [-0.2, -0.15) is 0 Å². The molecule has 1 amide bonds. The van der Waals surface area contributed by atoms with Gasteiger partial charge in [-0.25, -0.2) is 4.98 Å².